The highest BCUT2D eigenvalue weighted by atomic mass is 35.5. The Morgan fingerprint density at radius 1 is 1.10 bits per heavy atom. The van der Waals surface area contributed by atoms with Crippen LogP contribution in [-0.4, -0.2) is 21.0 Å². The molecule has 42 heavy (non-hydrogen) atoms. The maximum Gasteiger partial charge on any atom is 0.212 e. The quantitative estimate of drug-likeness (QED) is 0.161. The van der Waals surface area contributed by atoms with Crippen molar-refractivity contribution in [2.45, 2.75) is 43.8 Å². The van der Waals surface area contributed by atoms with E-state index in [0.717, 1.165) is 18.4 Å². The smallest absolute Gasteiger partial charge is 0.212 e. The zero-order valence-corrected chi connectivity index (χ0v) is 23.2. The largest absolute Gasteiger partial charge is 0.377 e. The molecule has 0 spiro atoms. The Bertz CT molecular complexity index is 1770. The van der Waals surface area contributed by atoms with Gasteiger partial charge in [-0.05, 0) is 48.6 Å². The van der Waals surface area contributed by atoms with E-state index in [1.165, 1.54) is 24.5 Å². The first kappa shape index (κ1) is 26.0. The van der Waals surface area contributed by atoms with Crippen molar-refractivity contribution in [2.24, 2.45) is 0 Å². The summed E-state index contributed by atoms with van der Waals surface area (Å²) >= 11 is 6.76. The molecule has 3 heterocycles. The van der Waals surface area contributed by atoms with Gasteiger partial charge in [0.2, 0.25) is 5.95 Å². The predicted molar refractivity (Wildman–Crippen MR) is 159 cm³/mol. The highest BCUT2D eigenvalue weighted by Gasteiger charge is 2.32. The van der Waals surface area contributed by atoms with Crippen LogP contribution in [0.2, 0.25) is 5.02 Å². The number of aromatic nitrogens is 2. The normalized spacial score (nSPS) is 16.8. The topological polar surface area (TPSA) is 125 Å². The fourth-order valence-corrected chi connectivity index (χ4v) is 5.20. The van der Waals surface area contributed by atoms with Gasteiger partial charge in [0, 0.05) is 42.1 Å². The molecule has 9 nitrogen and oxygen atoms in total. The van der Waals surface area contributed by atoms with Crippen LogP contribution in [0, 0.1) is 28.6 Å². The summed E-state index contributed by atoms with van der Waals surface area (Å²) in [5.41, 5.74) is 9.78. The van der Waals surface area contributed by atoms with Crippen molar-refractivity contribution < 1.29 is 5.76 Å². The van der Waals surface area contributed by atoms with E-state index < -0.39 is 12.0 Å². The van der Waals surface area contributed by atoms with Gasteiger partial charge in [-0.3, -0.25) is 9.99 Å². The maximum atomic E-state index is 13.8. The van der Waals surface area contributed by atoms with Crippen LogP contribution in [0.4, 0.5) is 15.8 Å². The molecule has 2 aromatic carbocycles. The standard InChI is InChI=1S/C31H27ClFN9/c32-25-14-22(38-30(20-8-11-28(33)36-16-20)27-18-42(41-40-27)23-9-10-23)13-24-29(21(15-35)17-37-31(24)25)39-26(7-4-12-34)19-5-2-1-3-6-19/h1-3,5-6,8,11,13-14,16-18,23,26,30,38,40-41H,4,7,9-10H2,(H,37,39)/t26-,30-/m1/s1/i30D. The Balaban J connectivity index is 1.44. The van der Waals surface area contributed by atoms with Gasteiger partial charge in [0.1, 0.15) is 6.07 Å². The number of halogens is 2. The summed E-state index contributed by atoms with van der Waals surface area (Å²) in [5.74, 6) is -0.652. The summed E-state index contributed by atoms with van der Waals surface area (Å²) in [6.07, 6.45) is 7.52. The Morgan fingerprint density at radius 2 is 1.93 bits per heavy atom. The molecule has 0 radical (unpaired) electrons. The molecule has 0 saturated heterocycles. The second-order valence-electron chi connectivity index (χ2n) is 10.1. The van der Waals surface area contributed by atoms with E-state index >= 15 is 0 Å². The monoisotopic (exact) mass is 580 g/mol. The molecule has 6 rings (SSSR count). The highest BCUT2D eigenvalue weighted by molar-refractivity contribution is 6.35. The summed E-state index contributed by atoms with van der Waals surface area (Å²) in [6, 6.07) is 18.7. The summed E-state index contributed by atoms with van der Waals surface area (Å²) in [5, 5.41) is 28.9. The van der Waals surface area contributed by atoms with Crippen molar-refractivity contribution in [3.63, 3.8) is 0 Å². The number of nitrogens with one attached hydrogen (secondary N) is 4. The lowest BCUT2D eigenvalue weighted by Crippen LogP contribution is -2.38. The third-order valence-corrected chi connectivity index (χ3v) is 7.48. The van der Waals surface area contributed by atoms with E-state index in [-0.39, 0.29) is 6.04 Å². The van der Waals surface area contributed by atoms with Crippen LogP contribution in [0.3, 0.4) is 0 Å². The third-order valence-electron chi connectivity index (χ3n) is 7.19. The minimum Gasteiger partial charge on any atom is -0.377 e. The van der Waals surface area contributed by atoms with Gasteiger partial charge in [-0.2, -0.15) is 14.9 Å². The molecule has 4 N–H and O–H groups in total. The average molecular weight is 581 g/mol. The van der Waals surface area contributed by atoms with Gasteiger partial charge in [0.05, 0.1) is 47.0 Å². The zero-order valence-electron chi connectivity index (χ0n) is 23.4. The Labute approximate surface area is 249 Å². The summed E-state index contributed by atoms with van der Waals surface area (Å²) in [7, 11) is 0. The molecule has 0 amide bonds. The number of nitriles is 2. The molecule has 0 bridgehead atoms. The SMILES string of the molecule is [2H][C@](Nc1cc(Cl)c2ncc(C#N)c(N[C@H](CCC#N)c3ccccc3)c2c1)(C1=CN(C2CC2)NN1)c1ccc(F)nc1. The number of fused-ring (bicyclic) bond motifs is 1. The lowest BCUT2D eigenvalue weighted by Gasteiger charge is -2.23. The molecule has 2 aromatic heterocycles. The van der Waals surface area contributed by atoms with Gasteiger partial charge < -0.3 is 16.1 Å². The van der Waals surface area contributed by atoms with Gasteiger partial charge >= 0.3 is 0 Å². The van der Waals surface area contributed by atoms with Crippen molar-refractivity contribution in [2.75, 3.05) is 10.6 Å². The average Bonchev–Trinajstić information content (AvgIpc) is 3.75. The number of rotatable bonds is 10. The van der Waals surface area contributed by atoms with Gasteiger partial charge in [-0.25, -0.2) is 4.98 Å². The first-order valence-corrected chi connectivity index (χ1v) is 13.9. The minimum atomic E-state index is -1.62. The van der Waals surface area contributed by atoms with Gasteiger partial charge in [-0.15, -0.1) is 5.53 Å². The van der Waals surface area contributed by atoms with Crippen molar-refractivity contribution >= 4 is 33.9 Å². The third kappa shape index (κ3) is 5.77. The van der Waals surface area contributed by atoms with E-state index in [0.29, 0.717) is 63.0 Å². The number of nitrogens with zero attached hydrogens (tertiary/aromatic N) is 5. The first-order valence-electron chi connectivity index (χ1n) is 14.0. The van der Waals surface area contributed by atoms with Crippen LogP contribution in [-0.2, 0) is 0 Å². The fraction of sp³-hybridized carbons (Fsp3) is 0.226. The number of hydrogen-bond donors (Lipinski definition) is 4. The molecule has 11 heteroatoms. The van der Waals surface area contributed by atoms with Crippen LogP contribution in [0.15, 0.2) is 78.9 Å². The van der Waals surface area contributed by atoms with Crippen LogP contribution < -0.4 is 21.6 Å². The number of pyridine rings is 2. The van der Waals surface area contributed by atoms with E-state index in [1.807, 2.05) is 41.5 Å². The Morgan fingerprint density at radius 3 is 2.64 bits per heavy atom. The van der Waals surface area contributed by atoms with E-state index in [2.05, 4.69) is 43.7 Å². The molecule has 2 aliphatic rings. The second kappa shape index (κ2) is 11.9. The van der Waals surface area contributed by atoms with E-state index in [9.17, 15) is 16.3 Å². The summed E-state index contributed by atoms with van der Waals surface area (Å²) in [6.45, 7) is 0. The second-order valence-corrected chi connectivity index (χ2v) is 10.5. The molecule has 0 unspecified atom stereocenters. The van der Waals surface area contributed by atoms with Gasteiger partial charge in [-0.1, -0.05) is 48.0 Å². The minimum absolute atomic E-state index is 0.262. The van der Waals surface area contributed by atoms with Crippen molar-refractivity contribution in [3.05, 3.63) is 107 Å². The lowest BCUT2D eigenvalue weighted by atomic mass is 10.00. The molecule has 1 saturated carbocycles. The Hall–Kier alpha value is -4.90. The molecular formula is C31H27ClFN9. The number of anilines is 2. The molecule has 1 aliphatic carbocycles. The van der Waals surface area contributed by atoms with E-state index in [4.69, 9.17) is 11.6 Å². The number of hydrazine groups is 2. The fourth-order valence-electron chi connectivity index (χ4n) is 4.93. The number of benzene rings is 2. The molecule has 210 valence electrons. The summed E-state index contributed by atoms with van der Waals surface area (Å²) < 4.78 is 23.4. The first-order chi connectivity index (χ1) is 20.9. The molecule has 1 fully saturated rings. The van der Waals surface area contributed by atoms with Crippen molar-refractivity contribution in [3.8, 4) is 12.1 Å². The summed E-state index contributed by atoms with van der Waals surface area (Å²) in [4.78, 5) is 8.25. The highest BCUT2D eigenvalue weighted by Crippen LogP contribution is 2.38. The van der Waals surface area contributed by atoms with Crippen molar-refractivity contribution in [1.82, 2.24) is 25.9 Å². The molecular weight excluding hydrogens is 553 g/mol. The van der Waals surface area contributed by atoms with Crippen molar-refractivity contribution in [1.29, 1.82) is 10.5 Å². The molecule has 4 aromatic rings. The number of hydrogen-bond acceptors (Lipinski definition) is 9. The molecule has 2 atom stereocenters. The van der Waals surface area contributed by atoms with Crippen LogP contribution in [0.5, 0.6) is 0 Å². The predicted octanol–water partition coefficient (Wildman–Crippen LogP) is 6.23. The van der Waals surface area contributed by atoms with E-state index in [1.54, 1.807) is 12.1 Å². The van der Waals surface area contributed by atoms with Gasteiger partial charge in [0.25, 0.3) is 0 Å². The van der Waals surface area contributed by atoms with Crippen LogP contribution >= 0.6 is 11.6 Å². The van der Waals surface area contributed by atoms with Crippen LogP contribution in [0.25, 0.3) is 10.9 Å². The molecule has 1 aliphatic heterocycles. The lowest BCUT2D eigenvalue weighted by molar-refractivity contribution is 0.260. The maximum absolute atomic E-state index is 13.8. The Kier molecular flexibility index (Phi) is 7.38. The van der Waals surface area contributed by atoms with Crippen LogP contribution in [0.1, 0.15) is 55.8 Å². The zero-order chi connectivity index (χ0) is 30.0. The van der Waals surface area contributed by atoms with Gasteiger partial charge in [0.15, 0.2) is 0 Å².